The van der Waals surface area contributed by atoms with E-state index in [2.05, 4.69) is 5.32 Å². The highest BCUT2D eigenvalue weighted by atomic mass is 35.5. The molecule has 3 nitrogen and oxygen atoms in total. The van der Waals surface area contributed by atoms with Gasteiger partial charge in [-0.15, -0.1) is 0 Å². The van der Waals surface area contributed by atoms with Gasteiger partial charge in [0, 0.05) is 10.7 Å². The van der Waals surface area contributed by atoms with Gasteiger partial charge in [0.2, 0.25) is 0 Å². The van der Waals surface area contributed by atoms with Crippen LogP contribution in [0.1, 0.15) is 5.56 Å². The van der Waals surface area contributed by atoms with Gasteiger partial charge in [-0.25, -0.2) is 0 Å². The second-order valence-corrected chi connectivity index (χ2v) is 5.67. The third kappa shape index (κ3) is 3.62. The molecule has 0 bridgehead atoms. The minimum Gasteiger partial charge on any atom is -0.321 e. The van der Waals surface area contributed by atoms with E-state index in [1.807, 2.05) is 48.5 Å². The third-order valence-electron chi connectivity index (χ3n) is 3.55. The fourth-order valence-electron chi connectivity index (χ4n) is 2.34. The van der Waals surface area contributed by atoms with Gasteiger partial charge in [-0.2, -0.15) is 5.26 Å². The summed E-state index contributed by atoms with van der Waals surface area (Å²) in [6.45, 7) is 0. The summed E-state index contributed by atoms with van der Waals surface area (Å²) in [6.07, 6.45) is 1.58. The van der Waals surface area contributed by atoms with Crippen molar-refractivity contribution in [2.45, 2.75) is 0 Å². The topological polar surface area (TPSA) is 52.9 Å². The Morgan fingerprint density at radius 2 is 1.71 bits per heavy atom. The molecule has 4 heteroatoms. The predicted molar refractivity (Wildman–Crippen MR) is 97.6 cm³/mol. The zero-order valence-electron chi connectivity index (χ0n) is 12.7. The Bertz CT molecular complexity index is 969. The van der Waals surface area contributed by atoms with Crippen LogP contribution >= 0.6 is 11.6 Å². The number of amides is 1. The molecule has 0 saturated carbocycles. The molecule has 0 aromatic heterocycles. The van der Waals surface area contributed by atoms with Crippen LogP contribution < -0.4 is 5.32 Å². The number of fused-ring (bicyclic) bond motifs is 1. The van der Waals surface area contributed by atoms with Crippen LogP contribution in [0.5, 0.6) is 0 Å². The zero-order valence-corrected chi connectivity index (χ0v) is 13.4. The van der Waals surface area contributed by atoms with Gasteiger partial charge >= 0.3 is 0 Å². The maximum Gasteiger partial charge on any atom is 0.266 e. The highest BCUT2D eigenvalue weighted by molar-refractivity contribution is 6.30. The van der Waals surface area contributed by atoms with E-state index < -0.39 is 5.91 Å². The summed E-state index contributed by atoms with van der Waals surface area (Å²) in [5, 5.41) is 14.7. The van der Waals surface area contributed by atoms with Gasteiger partial charge in [-0.3, -0.25) is 4.79 Å². The van der Waals surface area contributed by atoms with E-state index in [1.165, 1.54) is 0 Å². The van der Waals surface area contributed by atoms with E-state index in [0.717, 1.165) is 16.3 Å². The number of nitriles is 1. The highest BCUT2D eigenvalue weighted by Gasteiger charge is 2.09. The fourth-order valence-corrected chi connectivity index (χ4v) is 2.47. The number of halogens is 1. The van der Waals surface area contributed by atoms with Crippen LogP contribution in [0, 0.1) is 11.3 Å². The molecule has 116 valence electrons. The number of benzene rings is 3. The molecule has 3 aromatic rings. The van der Waals surface area contributed by atoms with Gasteiger partial charge in [0.25, 0.3) is 5.91 Å². The Balaban J connectivity index is 1.86. The summed E-state index contributed by atoms with van der Waals surface area (Å²) >= 11 is 5.82. The standard InChI is InChI=1S/C20H13ClN2O/c21-18-7-9-19(10-8-18)23-20(24)17(13-22)12-14-5-6-15-3-1-2-4-16(15)11-14/h1-12H,(H,23,24)/b17-12+. The van der Waals surface area contributed by atoms with Crippen molar-refractivity contribution in [2.24, 2.45) is 0 Å². The van der Waals surface area contributed by atoms with Crippen LogP contribution in [-0.2, 0) is 4.79 Å². The Morgan fingerprint density at radius 1 is 1.00 bits per heavy atom. The average Bonchev–Trinajstić information content (AvgIpc) is 2.61. The predicted octanol–water partition coefficient (Wildman–Crippen LogP) is 5.04. The maximum absolute atomic E-state index is 12.3. The van der Waals surface area contributed by atoms with Crippen LogP contribution in [-0.4, -0.2) is 5.91 Å². The lowest BCUT2D eigenvalue weighted by molar-refractivity contribution is -0.112. The van der Waals surface area contributed by atoms with E-state index in [0.29, 0.717) is 10.7 Å². The summed E-state index contributed by atoms with van der Waals surface area (Å²) in [5.41, 5.74) is 1.43. The second-order valence-electron chi connectivity index (χ2n) is 5.24. The van der Waals surface area contributed by atoms with Crippen molar-refractivity contribution in [3.63, 3.8) is 0 Å². The molecule has 0 spiro atoms. The summed E-state index contributed by atoms with van der Waals surface area (Å²) in [4.78, 5) is 12.3. The first-order chi connectivity index (χ1) is 11.7. The Morgan fingerprint density at radius 3 is 2.42 bits per heavy atom. The molecule has 0 aliphatic rings. The Labute approximate surface area is 144 Å². The SMILES string of the molecule is N#C/C(=C\c1ccc2ccccc2c1)C(=O)Nc1ccc(Cl)cc1. The van der Waals surface area contributed by atoms with Crippen molar-refractivity contribution in [1.29, 1.82) is 5.26 Å². The van der Waals surface area contributed by atoms with Crippen LogP contribution in [0.3, 0.4) is 0 Å². The van der Waals surface area contributed by atoms with Crippen LogP contribution in [0.2, 0.25) is 5.02 Å². The van der Waals surface area contributed by atoms with Crippen molar-refractivity contribution < 1.29 is 4.79 Å². The molecular weight excluding hydrogens is 320 g/mol. The molecule has 0 heterocycles. The average molecular weight is 333 g/mol. The molecule has 3 rings (SSSR count). The number of nitrogens with zero attached hydrogens (tertiary/aromatic N) is 1. The van der Waals surface area contributed by atoms with E-state index in [1.54, 1.807) is 30.3 Å². The van der Waals surface area contributed by atoms with E-state index in [-0.39, 0.29) is 5.57 Å². The highest BCUT2D eigenvalue weighted by Crippen LogP contribution is 2.18. The van der Waals surface area contributed by atoms with E-state index in [9.17, 15) is 10.1 Å². The number of hydrogen-bond acceptors (Lipinski definition) is 2. The van der Waals surface area contributed by atoms with Crippen molar-refractivity contribution in [3.8, 4) is 6.07 Å². The smallest absolute Gasteiger partial charge is 0.266 e. The third-order valence-corrected chi connectivity index (χ3v) is 3.80. The summed E-state index contributed by atoms with van der Waals surface area (Å²) < 4.78 is 0. The lowest BCUT2D eigenvalue weighted by Gasteiger charge is -2.05. The lowest BCUT2D eigenvalue weighted by Crippen LogP contribution is -2.13. The minimum absolute atomic E-state index is 0.0419. The first kappa shape index (κ1) is 15.8. The number of carbonyl (C=O) groups excluding carboxylic acids is 1. The largest absolute Gasteiger partial charge is 0.321 e. The van der Waals surface area contributed by atoms with E-state index in [4.69, 9.17) is 11.6 Å². The minimum atomic E-state index is -0.451. The molecule has 0 aliphatic carbocycles. The van der Waals surface area contributed by atoms with Crippen molar-refractivity contribution >= 4 is 40.0 Å². The number of hydrogen-bond donors (Lipinski definition) is 1. The molecule has 3 aromatic carbocycles. The normalized spacial score (nSPS) is 11.1. The van der Waals surface area contributed by atoms with Crippen molar-refractivity contribution in [2.75, 3.05) is 5.32 Å². The zero-order chi connectivity index (χ0) is 16.9. The summed E-state index contributed by atoms with van der Waals surface area (Å²) in [6, 6.07) is 22.4. The number of anilines is 1. The monoisotopic (exact) mass is 332 g/mol. The van der Waals surface area contributed by atoms with Gasteiger partial charge in [-0.1, -0.05) is 48.0 Å². The molecule has 0 unspecified atom stereocenters. The van der Waals surface area contributed by atoms with E-state index >= 15 is 0 Å². The van der Waals surface area contributed by atoms with Crippen molar-refractivity contribution in [1.82, 2.24) is 0 Å². The molecule has 0 fully saturated rings. The van der Waals surface area contributed by atoms with Gasteiger partial charge in [0.1, 0.15) is 11.6 Å². The van der Waals surface area contributed by atoms with Gasteiger partial charge < -0.3 is 5.32 Å². The molecular formula is C20H13ClN2O. The fraction of sp³-hybridized carbons (Fsp3) is 0. The van der Waals surface area contributed by atoms with Gasteiger partial charge in [0.15, 0.2) is 0 Å². The molecule has 24 heavy (non-hydrogen) atoms. The van der Waals surface area contributed by atoms with Crippen molar-refractivity contribution in [3.05, 3.63) is 82.9 Å². The first-order valence-corrected chi connectivity index (χ1v) is 7.71. The van der Waals surface area contributed by atoms with Crippen LogP contribution in [0.15, 0.2) is 72.3 Å². The number of nitrogens with one attached hydrogen (secondary N) is 1. The summed E-state index contributed by atoms with van der Waals surface area (Å²) in [5.74, 6) is -0.451. The second kappa shape index (κ2) is 6.99. The lowest BCUT2D eigenvalue weighted by atomic mass is 10.1. The molecule has 1 N–H and O–H groups in total. The Kier molecular flexibility index (Phi) is 4.60. The number of carbonyl (C=O) groups is 1. The van der Waals surface area contributed by atoms with Crippen LogP contribution in [0.25, 0.3) is 16.8 Å². The molecule has 0 saturated heterocycles. The molecule has 0 radical (unpaired) electrons. The van der Waals surface area contributed by atoms with Gasteiger partial charge in [0.05, 0.1) is 0 Å². The maximum atomic E-state index is 12.3. The van der Waals surface area contributed by atoms with Crippen LogP contribution in [0.4, 0.5) is 5.69 Å². The Hall–Kier alpha value is -3.09. The summed E-state index contributed by atoms with van der Waals surface area (Å²) in [7, 11) is 0. The quantitative estimate of drug-likeness (QED) is 0.539. The number of rotatable bonds is 3. The molecule has 1 amide bonds. The molecule has 0 atom stereocenters. The van der Waals surface area contributed by atoms with Gasteiger partial charge in [-0.05, 0) is 52.7 Å². The first-order valence-electron chi connectivity index (χ1n) is 7.33. The molecule has 0 aliphatic heterocycles.